The molecule has 0 fully saturated rings. The van der Waals surface area contributed by atoms with Crippen LogP contribution in [0.2, 0.25) is 0 Å². The van der Waals surface area contributed by atoms with Gasteiger partial charge in [0.2, 0.25) is 5.91 Å². The number of nitrogens with zero attached hydrogens (tertiary/aromatic N) is 4. The van der Waals surface area contributed by atoms with E-state index in [1.54, 1.807) is 0 Å². The van der Waals surface area contributed by atoms with Crippen molar-refractivity contribution in [2.45, 2.75) is 33.4 Å². The molecule has 2 aromatic heterocycles. The molecule has 2 heterocycles. The van der Waals surface area contributed by atoms with Crippen LogP contribution in [0.5, 0.6) is 0 Å². The summed E-state index contributed by atoms with van der Waals surface area (Å²) in [7, 11) is 4.16. The highest BCUT2D eigenvalue weighted by molar-refractivity contribution is 5.93. The molecule has 6 nitrogen and oxygen atoms in total. The van der Waals surface area contributed by atoms with Gasteiger partial charge in [-0.15, -0.1) is 0 Å². The first-order valence-corrected chi connectivity index (χ1v) is 8.96. The second-order valence-electron chi connectivity index (χ2n) is 7.05. The van der Waals surface area contributed by atoms with Crippen LogP contribution < -0.4 is 5.32 Å². The summed E-state index contributed by atoms with van der Waals surface area (Å²) < 4.78 is 4.17. The number of benzene rings is 1. The topological polar surface area (TPSA) is 55.1 Å². The van der Waals surface area contributed by atoms with E-state index in [9.17, 15) is 4.79 Å². The summed E-state index contributed by atoms with van der Waals surface area (Å²) in [5.41, 5.74) is 4.96. The van der Waals surface area contributed by atoms with Crippen LogP contribution in [0.25, 0.3) is 11.0 Å². The fraction of sp³-hybridized carbons (Fsp3) is 0.400. The number of aromatic nitrogens is 3. The highest BCUT2D eigenvalue weighted by Gasteiger charge is 2.09. The third kappa shape index (κ3) is 4.14. The number of amides is 1. The van der Waals surface area contributed by atoms with Crippen molar-refractivity contribution in [3.05, 3.63) is 48.0 Å². The van der Waals surface area contributed by atoms with Crippen molar-refractivity contribution >= 4 is 22.6 Å². The molecule has 0 aliphatic rings. The van der Waals surface area contributed by atoms with Crippen LogP contribution in [0.3, 0.4) is 0 Å². The summed E-state index contributed by atoms with van der Waals surface area (Å²) in [5, 5.41) is 2.98. The number of carbonyl (C=O) groups excluding carboxylic acids is 1. The molecule has 138 valence electrons. The van der Waals surface area contributed by atoms with Gasteiger partial charge in [0.25, 0.3) is 0 Å². The van der Waals surface area contributed by atoms with Crippen LogP contribution in [0.15, 0.2) is 36.7 Å². The first kappa shape index (κ1) is 18.2. The van der Waals surface area contributed by atoms with Gasteiger partial charge in [0, 0.05) is 23.6 Å². The molecule has 0 unspecified atom stereocenters. The van der Waals surface area contributed by atoms with Crippen LogP contribution in [0.4, 0.5) is 5.69 Å². The number of anilines is 1. The van der Waals surface area contributed by atoms with E-state index < -0.39 is 0 Å². The number of fused-ring (bicyclic) bond motifs is 1. The molecule has 6 heteroatoms. The van der Waals surface area contributed by atoms with Gasteiger partial charge in [0.05, 0.1) is 17.4 Å². The number of hydrogen-bond acceptors (Lipinski definition) is 3. The zero-order valence-electron chi connectivity index (χ0n) is 16.0. The molecule has 0 spiro atoms. The summed E-state index contributed by atoms with van der Waals surface area (Å²) in [6.07, 6.45) is 2.95. The Morgan fingerprint density at radius 1 is 1.15 bits per heavy atom. The Bertz CT molecular complexity index is 887. The monoisotopic (exact) mass is 353 g/mol. The SMILES string of the molecule is Cc1ccc(C)n1CC(=O)Nc1ccc2c(c1)ncn2CCCN(C)C. The molecular weight excluding hydrogens is 326 g/mol. The van der Waals surface area contributed by atoms with Crippen molar-refractivity contribution < 1.29 is 4.79 Å². The van der Waals surface area contributed by atoms with Crippen LogP contribution in [-0.4, -0.2) is 45.6 Å². The molecule has 0 atom stereocenters. The lowest BCUT2D eigenvalue weighted by atomic mass is 10.2. The quantitative estimate of drug-likeness (QED) is 0.710. The van der Waals surface area contributed by atoms with Gasteiger partial charge in [-0.1, -0.05) is 0 Å². The number of carbonyl (C=O) groups is 1. The van der Waals surface area contributed by atoms with Gasteiger partial charge in [0.15, 0.2) is 0 Å². The fourth-order valence-electron chi connectivity index (χ4n) is 3.17. The lowest BCUT2D eigenvalue weighted by Crippen LogP contribution is -2.20. The van der Waals surface area contributed by atoms with Crippen molar-refractivity contribution in [1.82, 2.24) is 19.0 Å². The number of rotatable bonds is 7. The third-order valence-corrected chi connectivity index (χ3v) is 4.63. The van der Waals surface area contributed by atoms with Crippen molar-refractivity contribution in [2.24, 2.45) is 0 Å². The normalized spacial score (nSPS) is 11.4. The molecule has 0 aliphatic carbocycles. The Balaban J connectivity index is 1.66. The van der Waals surface area contributed by atoms with E-state index in [2.05, 4.69) is 33.9 Å². The van der Waals surface area contributed by atoms with Crippen molar-refractivity contribution in [3.63, 3.8) is 0 Å². The molecule has 26 heavy (non-hydrogen) atoms. The van der Waals surface area contributed by atoms with E-state index in [1.165, 1.54) is 0 Å². The van der Waals surface area contributed by atoms with E-state index in [4.69, 9.17) is 0 Å². The van der Waals surface area contributed by atoms with Crippen molar-refractivity contribution in [1.29, 1.82) is 0 Å². The maximum Gasteiger partial charge on any atom is 0.244 e. The van der Waals surface area contributed by atoms with Crippen LogP contribution in [0.1, 0.15) is 17.8 Å². The summed E-state index contributed by atoms with van der Waals surface area (Å²) in [6.45, 7) is 6.32. The summed E-state index contributed by atoms with van der Waals surface area (Å²) in [4.78, 5) is 19.0. The van der Waals surface area contributed by atoms with Crippen molar-refractivity contribution in [2.75, 3.05) is 26.0 Å². The molecule has 0 aliphatic heterocycles. The van der Waals surface area contributed by atoms with Gasteiger partial charge in [-0.3, -0.25) is 4.79 Å². The Kier molecular flexibility index (Phi) is 5.42. The maximum atomic E-state index is 12.4. The van der Waals surface area contributed by atoms with E-state index in [0.717, 1.165) is 47.6 Å². The minimum absolute atomic E-state index is 0.0304. The molecule has 3 rings (SSSR count). The Hall–Kier alpha value is -2.60. The van der Waals surface area contributed by atoms with Crippen LogP contribution in [-0.2, 0) is 17.9 Å². The van der Waals surface area contributed by atoms with Gasteiger partial charge >= 0.3 is 0 Å². The largest absolute Gasteiger partial charge is 0.340 e. The molecule has 1 N–H and O–H groups in total. The molecule has 1 amide bonds. The molecule has 0 saturated carbocycles. The number of hydrogen-bond donors (Lipinski definition) is 1. The van der Waals surface area contributed by atoms with Crippen molar-refractivity contribution in [3.8, 4) is 0 Å². The second kappa shape index (κ2) is 7.74. The average molecular weight is 353 g/mol. The minimum Gasteiger partial charge on any atom is -0.340 e. The van der Waals surface area contributed by atoms with Gasteiger partial charge in [-0.05, 0) is 71.2 Å². The standard InChI is InChI=1S/C20H27N5O/c1-15-6-7-16(2)25(15)13-20(26)22-17-8-9-19-18(12-17)21-14-24(19)11-5-10-23(3)4/h6-9,12,14H,5,10-11,13H2,1-4H3,(H,22,26). The molecule has 0 radical (unpaired) electrons. The highest BCUT2D eigenvalue weighted by atomic mass is 16.1. The smallest absolute Gasteiger partial charge is 0.244 e. The lowest BCUT2D eigenvalue weighted by Gasteiger charge is -2.11. The van der Waals surface area contributed by atoms with E-state index in [-0.39, 0.29) is 5.91 Å². The third-order valence-electron chi connectivity index (χ3n) is 4.63. The average Bonchev–Trinajstić information content (AvgIpc) is 3.12. The predicted octanol–water partition coefficient (Wildman–Crippen LogP) is 3.05. The Labute approximate surface area is 154 Å². The van der Waals surface area contributed by atoms with Gasteiger partial charge in [0.1, 0.15) is 6.54 Å². The predicted molar refractivity (Wildman–Crippen MR) is 105 cm³/mol. The molecule has 1 aromatic carbocycles. The number of aryl methyl sites for hydroxylation is 3. The number of nitrogens with one attached hydrogen (secondary N) is 1. The molecule has 0 saturated heterocycles. The zero-order chi connectivity index (χ0) is 18.7. The zero-order valence-corrected chi connectivity index (χ0v) is 16.0. The van der Waals surface area contributed by atoms with Crippen LogP contribution >= 0.6 is 0 Å². The lowest BCUT2D eigenvalue weighted by molar-refractivity contribution is -0.116. The molecule has 0 bridgehead atoms. The van der Waals surface area contributed by atoms with Gasteiger partial charge < -0.3 is 19.4 Å². The van der Waals surface area contributed by atoms with Crippen LogP contribution in [0, 0.1) is 13.8 Å². The van der Waals surface area contributed by atoms with Gasteiger partial charge in [-0.2, -0.15) is 0 Å². The summed E-state index contributed by atoms with van der Waals surface area (Å²) >= 11 is 0. The Morgan fingerprint density at radius 2 is 1.88 bits per heavy atom. The first-order valence-electron chi connectivity index (χ1n) is 8.96. The van der Waals surface area contributed by atoms with E-state index >= 15 is 0 Å². The number of imidazole rings is 1. The first-order chi connectivity index (χ1) is 12.4. The summed E-state index contributed by atoms with van der Waals surface area (Å²) in [5.74, 6) is -0.0304. The van der Waals surface area contributed by atoms with E-state index in [0.29, 0.717) is 6.54 Å². The minimum atomic E-state index is -0.0304. The van der Waals surface area contributed by atoms with Gasteiger partial charge in [-0.25, -0.2) is 4.98 Å². The maximum absolute atomic E-state index is 12.4. The molecule has 3 aromatic rings. The fourth-order valence-corrected chi connectivity index (χ4v) is 3.17. The van der Waals surface area contributed by atoms with E-state index in [1.807, 2.05) is 55.1 Å². The summed E-state index contributed by atoms with van der Waals surface area (Å²) in [6, 6.07) is 9.96. The molecular formula is C20H27N5O. The second-order valence-corrected chi connectivity index (χ2v) is 7.05. The highest BCUT2D eigenvalue weighted by Crippen LogP contribution is 2.19. The Morgan fingerprint density at radius 3 is 2.58 bits per heavy atom.